The van der Waals surface area contributed by atoms with E-state index in [2.05, 4.69) is 5.10 Å². The molecule has 126 valence electrons. The van der Waals surface area contributed by atoms with Crippen LogP contribution in [0.2, 0.25) is 0 Å². The summed E-state index contributed by atoms with van der Waals surface area (Å²) in [4.78, 5) is 28.5. The first-order valence-electron chi connectivity index (χ1n) is 8.05. The van der Waals surface area contributed by atoms with Gasteiger partial charge >= 0.3 is 0 Å². The van der Waals surface area contributed by atoms with Crippen LogP contribution in [0.1, 0.15) is 30.6 Å². The normalized spacial score (nSPS) is 25.5. The van der Waals surface area contributed by atoms with Gasteiger partial charge in [0.15, 0.2) is 0 Å². The van der Waals surface area contributed by atoms with Gasteiger partial charge in [-0.2, -0.15) is 5.10 Å². The summed E-state index contributed by atoms with van der Waals surface area (Å²) in [6, 6.07) is 0.143. The first-order valence-corrected chi connectivity index (χ1v) is 8.05. The quantitative estimate of drug-likeness (QED) is 0.797. The van der Waals surface area contributed by atoms with E-state index in [9.17, 15) is 9.59 Å². The largest absolute Gasteiger partial charge is 0.371 e. The minimum absolute atomic E-state index is 0.00152. The van der Waals surface area contributed by atoms with Crippen LogP contribution in [0.3, 0.4) is 0 Å². The number of hydrogen-bond acceptors (Lipinski definition) is 4. The Bertz CT molecular complexity index is 612. The van der Waals surface area contributed by atoms with E-state index in [1.165, 1.54) is 0 Å². The summed E-state index contributed by atoms with van der Waals surface area (Å²) in [7, 11) is 1.80. The number of amides is 2. The molecule has 0 N–H and O–H groups in total. The van der Waals surface area contributed by atoms with Crippen LogP contribution in [0.4, 0.5) is 0 Å². The predicted molar refractivity (Wildman–Crippen MR) is 83.8 cm³/mol. The van der Waals surface area contributed by atoms with E-state index in [1.807, 2.05) is 23.6 Å². The molecule has 23 heavy (non-hydrogen) atoms. The third-order valence-corrected chi connectivity index (χ3v) is 4.76. The number of rotatable bonds is 2. The molecule has 1 spiro atoms. The van der Waals surface area contributed by atoms with E-state index < -0.39 is 0 Å². The third kappa shape index (κ3) is 3.10. The fourth-order valence-corrected chi connectivity index (χ4v) is 3.47. The van der Waals surface area contributed by atoms with Gasteiger partial charge in [0.25, 0.3) is 5.91 Å². The SMILES string of the molecule is CC(C)N1CC2(CCN(C(=O)c3cnn(C)c3)C2)COCC1=O. The van der Waals surface area contributed by atoms with Crippen LogP contribution in [-0.4, -0.2) is 70.3 Å². The average molecular weight is 320 g/mol. The Hall–Kier alpha value is -1.89. The maximum Gasteiger partial charge on any atom is 0.257 e. The summed E-state index contributed by atoms with van der Waals surface area (Å²) in [6.45, 7) is 6.67. The van der Waals surface area contributed by atoms with Gasteiger partial charge < -0.3 is 14.5 Å². The molecule has 3 heterocycles. The van der Waals surface area contributed by atoms with Crippen LogP contribution in [-0.2, 0) is 16.6 Å². The fraction of sp³-hybridized carbons (Fsp3) is 0.688. The number of nitrogens with zero attached hydrogens (tertiary/aromatic N) is 4. The Morgan fingerprint density at radius 3 is 2.83 bits per heavy atom. The molecule has 2 aliphatic heterocycles. The fourth-order valence-electron chi connectivity index (χ4n) is 3.47. The standard InChI is InChI=1S/C16H24N4O3/c1-12(2)20-10-16(11-23-8-14(20)21)4-5-19(9-16)15(22)13-6-17-18(3)7-13/h6-7,12H,4-5,8-11H2,1-3H3. The first kappa shape index (κ1) is 16.0. The van der Waals surface area contributed by atoms with Crippen molar-refractivity contribution < 1.29 is 14.3 Å². The molecule has 0 aliphatic carbocycles. The molecule has 7 nitrogen and oxygen atoms in total. The molecule has 1 atom stereocenters. The van der Waals surface area contributed by atoms with Gasteiger partial charge in [-0.05, 0) is 20.3 Å². The highest BCUT2D eigenvalue weighted by atomic mass is 16.5. The zero-order valence-electron chi connectivity index (χ0n) is 14.0. The lowest BCUT2D eigenvalue weighted by Crippen LogP contribution is -2.46. The zero-order valence-corrected chi connectivity index (χ0v) is 14.0. The van der Waals surface area contributed by atoms with E-state index in [4.69, 9.17) is 4.74 Å². The minimum Gasteiger partial charge on any atom is -0.371 e. The predicted octanol–water partition coefficient (Wildman–Crippen LogP) is 0.520. The van der Waals surface area contributed by atoms with E-state index in [1.54, 1.807) is 24.1 Å². The summed E-state index contributed by atoms with van der Waals surface area (Å²) in [6.07, 6.45) is 4.19. The summed E-state index contributed by atoms with van der Waals surface area (Å²) >= 11 is 0. The van der Waals surface area contributed by atoms with Crippen LogP contribution in [0.5, 0.6) is 0 Å². The van der Waals surface area contributed by atoms with Crippen molar-refractivity contribution in [3.63, 3.8) is 0 Å². The molecule has 0 bridgehead atoms. The number of carbonyl (C=O) groups excluding carboxylic acids is 2. The van der Waals surface area contributed by atoms with E-state index in [0.717, 1.165) is 6.42 Å². The molecule has 2 saturated heterocycles. The van der Waals surface area contributed by atoms with Crippen LogP contribution in [0.25, 0.3) is 0 Å². The van der Waals surface area contributed by atoms with Gasteiger partial charge in [0.1, 0.15) is 6.61 Å². The molecule has 2 fully saturated rings. The smallest absolute Gasteiger partial charge is 0.257 e. The number of aromatic nitrogens is 2. The Balaban J connectivity index is 1.74. The second-order valence-corrected chi connectivity index (χ2v) is 6.99. The Morgan fingerprint density at radius 1 is 1.39 bits per heavy atom. The maximum absolute atomic E-state index is 12.6. The monoisotopic (exact) mass is 320 g/mol. The van der Waals surface area contributed by atoms with Crippen molar-refractivity contribution in [2.75, 3.05) is 32.8 Å². The van der Waals surface area contributed by atoms with Gasteiger partial charge in [-0.25, -0.2) is 0 Å². The number of hydrogen-bond donors (Lipinski definition) is 0. The molecule has 1 aromatic heterocycles. The van der Waals surface area contributed by atoms with Gasteiger partial charge in [-0.15, -0.1) is 0 Å². The molecule has 1 aromatic rings. The molecule has 0 aromatic carbocycles. The number of carbonyl (C=O) groups is 2. The lowest BCUT2D eigenvalue weighted by Gasteiger charge is -2.34. The summed E-state index contributed by atoms with van der Waals surface area (Å²) in [5.41, 5.74) is 0.449. The Kier molecular flexibility index (Phi) is 4.14. The molecular formula is C16H24N4O3. The van der Waals surface area contributed by atoms with Crippen molar-refractivity contribution in [3.8, 4) is 0 Å². The molecule has 2 aliphatic rings. The summed E-state index contributed by atoms with van der Waals surface area (Å²) < 4.78 is 7.25. The molecule has 7 heteroatoms. The Labute approximate surface area is 136 Å². The topological polar surface area (TPSA) is 67.7 Å². The first-order chi connectivity index (χ1) is 10.9. The zero-order chi connectivity index (χ0) is 16.6. The number of aryl methyl sites for hydroxylation is 1. The Morgan fingerprint density at radius 2 is 2.17 bits per heavy atom. The van der Waals surface area contributed by atoms with Crippen molar-refractivity contribution in [2.45, 2.75) is 26.3 Å². The highest BCUT2D eigenvalue weighted by molar-refractivity contribution is 5.94. The third-order valence-electron chi connectivity index (χ3n) is 4.76. The van der Waals surface area contributed by atoms with Gasteiger partial charge in [0.05, 0.1) is 18.4 Å². The van der Waals surface area contributed by atoms with Crippen molar-refractivity contribution in [2.24, 2.45) is 12.5 Å². The average Bonchev–Trinajstić information content (AvgIpc) is 3.06. The highest BCUT2D eigenvalue weighted by Gasteiger charge is 2.44. The van der Waals surface area contributed by atoms with Crippen LogP contribution in [0, 0.1) is 5.41 Å². The van der Waals surface area contributed by atoms with Gasteiger partial charge in [0.2, 0.25) is 5.91 Å². The van der Waals surface area contributed by atoms with Crippen molar-refractivity contribution in [1.29, 1.82) is 0 Å². The molecule has 2 amide bonds. The molecule has 0 saturated carbocycles. The second kappa shape index (κ2) is 5.96. The van der Waals surface area contributed by atoms with Gasteiger partial charge in [-0.1, -0.05) is 0 Å². The lowest BCUT2D eigenvalue weighted by molar-refractivity contribution is -0.135. The molecule has 0 radical (unpaired) electrons. The van der Waals surface area contributed by atoms with Crippen molar-refractivity contribution >= 4 is 11.8 Å². The van der Waals surface area contributed by atoms with E-state index >= 15 is 0 Å². The molecule has 1 unspecified atom stereocenters. The number of likely N-dealkylation sites (tertiary alicyclic amines) is 1. The maximum atomic E-state index is 12.6. The van der Waals surface area contributed by atoms with Crippen LogP contribution in [0.15, 0.2) is 12.4 Å². The summed E-state index contributed by atoms with van der Waals surface area (Å²) in [5.74, 6) is 0.0376. The lowest BCUT2D eigenvalue weighted by atomic mass is 9.87. The highest BCUT2D eigenvalue weighted by Crippen LogP contribution is 2.34. The van der Waals surface area contributed by atoms with Crippen molar-refractivity contribution in [1.82, 2.24) is 19.6 Å². The molecule has 3 rings (SSSR count). The van der Waals surface area contributed by atoms with Gasteiger partial charge in [-0.3, -0.25) is 14.3 Å². The minimum atomic E-state index is -0.158. The summed E-state index contributed by atoms with van der Waals surface area (Å²) in [5, 5.41) is 4.06. The number of ether oxygens (including phenoxy) is 1. The second-order valence-electron chi connectivity index (χ2n) is 6.99. The molecular weight excluding hydrogens is 296 g/mol. The van der Waals surface area contributed by atoms with E-state index in [-0.39, 0.29) is 29.9 Å². The van der Waals surface area contributed by atoms with Crippen LogP contribution < -0.4 is 0 Å². The van der Waals surface area contributed by atoms with Crippen molar-refractivity contribution in [3.05, 3.63) is 18.0 Å². The van der Waals surface area contributed by atoms with Crippen LogP contribution >= 0.6 is 0 Å². The van der Waals surface area contributed by atoms with E-state index in [0.29, 0.717) is 31.8 Å². The van der Waals surface area contributed by atoms with Gasteiger partial charge in [0, 0.05) is 44.3 Å².